The maximum absolute atomic E-state index is 12.3. The molecule has 0 saturated carbocycles. The second-order valence-corrected chi connectivity index (χ2v) is 6.19. The van der Waals surface area contributed by atoms with Crippen molar-refractivity contribution in [3.8, 4) is 17.1 Å². The number of hydrogen-bond donors (Lipinski definition) is 0. The van der Waals surface area contributed by atoms with E-state index in [-0.39, 0.29) is 19.1 Å². The monoisotopic (exact) mass is 355 g/mol. The van der Waals surface area contributed by atoms with Crippen molar-refractivity contribution >= 4 is 23.2 Å². The van der Waals surface area contributed by atoms with Gasteiger partial charge in [0, 0.05) is 10.6 Å². The van der Waals surface area contributed by atoms with Crippen LogP contribution in [0, 0.1) is 6.92 Å². The molecular weight excluding hydrogens is 342 g/mol. The van der Waals surface area contributed by atoms with Crippen molar-refractivity contribution < 1.29 is 14.1 Å². The number of benzene rings is 2. The number of aromatic nitrogens is 2. The Balaban J connectivity index is 1.62. The zero-order chi connectivity index (χ0) is 17.4. The summed E-state index contributed by atoms with van der Waals surface area (Å²) in [5, 5.41) is 4.52. The normalized spacial score (nSPS) is 13.5. The third-order valence-corrected chi connectivity index (χ3v) is 4.17. The first kappa shape index (κ1) is 15.7. The van der Waals surface area contributed by atoms with Crippen molar-refractivity contribution in [2.45, 2.75) is 13.5 Å². The second kappa shape index (κ2) is 6.22. The highest BCUT2D eigenvalue weighted by Gasteiger charge is 2.27. The van der Waals surface area contributed by atoms with Crippen LogP contribution in [0.5, 0.6) is 5.75 Å². The van der Waals surface area contributed by atoms with Crippen molar-refractivity contribution in [1.29, 1.82) is 0 Å². The van der Waals surface area contributed by atoms with Gasteiger partial charge in [0.1, 0.15) is 12.3 Å². The van der Waals surface area contributed by atoms with Gasteiger partial charge >= 0.3 is 0 Å². The average Bonchev–Trinajstić information content (AvgIpc) is 3.07. The summed E-state index contributed by atoms with van der Waals surface area (Å²) in [7, 11) is 0. The number of aryl methyl sites for hydroxylation is 1. The standard InChI is InChI=1S/C18H14ClN3O3/c1-11-2-4-12(5-3-11)18-20-16(25-21-18)9-22-14-8-13(19)6-7-15(14)24-10-17(22)23/h2-8H,9-10H2,1H3. The van der Waals surface area contributed by atoms with Gasteiger partial charge in [0.25, 0.3) is 5.91 Å². The summed E-state index contributed by atoms with van der Waals surface area (Å²) in [6.07, 6.45) is 0. The molecule has 0 spiro atoms. The highest BCUT2D eigenvalue weighted by atomic mass is 35.5. The highest BCUT2D eigenvalue weighted by molar-refractivity contribution is 6.31. The minimum Gasteiger partial charge on any atom is -0.482 e. The SMILES string of the molecule is Cc1ccc(-c2noc(CN3C(=O)COc4ccc(Cl)cc43)n2)cc1. The fourth-order valence-corrected chi connectivity index (χ4v) is 2.79. The number of anilines is 1. The lowest BCUT2D eigenvalue weighted by atomic mass is 10.1. The molecule has 126 valence electrons. The first-order valence-electron chi connectivity index (χ1n) is 7.72. The number of carbonyl (C=O) groups excluding carboxylic acids is 1. The van der Waals surface area contributed by atoms with Crippen LogP contribution in [0.2, 0.25) is 5.02 Å². The summed E-state index contributed by atoms with van der Waals surface area (Å²) in [4.78, 5) is 18.2. The van der Waals surface area contributed by atoms with Crippen LogP contribution in [0.15, 0.2) is 47.0 Å². The maximum Gasteiger partial charge on any atom is 0.265 e. The van der Waals surface area contributed by atoms with E-state index in [4.69, 9.17) is 20.9 Å². The van der Waals surface area contributed by atoms with Crippen molar-refractivity contribution in [2.75, 3.05) is 11.5 Å². The van der Waals surface area contributed by atoms with Gasteiger partial charge in [-0.2, -0.15) is 4.98 Å². The zero-order valence-corrected chi connectivity index (χ0v) is 14.2. The Morgan fingerprint density at radius 2 is 2.00 bits per heavy atom. The molecule has 4 rings (SSSR count). The fraction of sp³-hybridized carbons (Fsp3) is 0.167. The lowest BCUT2D eigenvalue weighted by Crippen LogP contribution is -2.38. The van der Waals surface area contributed by atoms with E-state index < -0.39 is 0 Å². The molecule has 2 aromatic carbocycles. The molecule has 0 radical (unpaired) electrons. The first-order chi connectivity index (χ1) is 12.1. The summed E-state index contributed by atoms with van der Waals surface area (Å²) in [6.45, 7) is 2.14. The molecule has 0 saturated heterocycles. The number of amides is 1. The summed E-state index contributed by atoms with van der Waals surface area (Å²) in [6, 6.07) is 13.0. The third-order valence-electron chi connectivity index (χ3n) is 3.94. The molecule has 25 heavy (non-hydrogen) atoms. The van der Waals surface area contributed by atoms with Gasteiger partial charge < -0.3 is 9.26 Å². The van der Waals surface area contributed by atoms with Crippen LogP contribution in [-0.4, -0.2) is 22.7 Å². The number of hydrogen-bond acceptors (Lipinski definition) is 5. The summed E-state index contributed by atoms with van der Waals surface area (Å²) in [5.74, 6) is 1.24. The molecule has 1 aliphatic heterocycles. The highest BCUT2D eigenvalue weighted by Crippen LogP contribution is 2.35. The van der Waals surface area contributed by atoms with Crippen LogP contribution in [0.3, 0.4) is 0 Å². The third kappa shape index (κ3) is 3.08. The van der Waals surface area contributed by atoms with Gasteiger partial charge in [-0.05, 0) is 25.1 Å². The van der Waals surface area contributed by atoms with Crippen molar-refractivity contribution in [3.63, 3.8) is 0 Å². The van der Waals surface area contributed by atoms with Crippen LogP contribution in [0.1, 0.15) is 11.5 Å². The molecule has 0 atom stereocenters. The van der Waals surface area contributed by atoms with Crippen LogP contribution >= 0.6 is 11.6 Å². The molecule has 3 aromatic rings. The number of nitrogens with zero attached hydrogens (tertiary/aromatic N) is 3. The number of halogens is 1. The van der Waals surface area contributed by atoms with Gasteiger partial charge in [-0.15, -0.1) is 0 Å². The Kier molecular flexibility index (Phi) is 3.89. The van der Waals surface area contributed by atoms with Crippen molar-refractivity contribution in [2.24, 2.45) is 0 Å². The largest absolute Gasteiger partial charge is 0.482 e. The lowest BCUT2D eigenvalue weighted by Gasteiger charge is -2.28. The Morgan fingerprint density at radius 3 is 2.80 bits per heavy atom. The van der Waals surface area contributed by atoms with Crippen molar-refractivity contribution in [3.05, 3.63) is 58.9 Å². The number of rotatable bonds is 3. The lowest BCUT2D eigenvalue weighted by molar-refractivity contribution is -0.121. The quantitative estimate of drug-likeness (QED) is 0.717. The van der Waals surface area contributed by atoms with Gasteiger partial charge in [0.15, 0.2) is 6.61 Å². The van der Waals surface area contributed by atoms with E-state index >= 15 is 0 Å². The molecule has 0 unspecified atom stereocenters. The van der Waals surface area contributed by atoms with E-state index in [1.165, 1.54) is 4.90 Å². The molecule has 1 aliphatic rings. The maximum atomic E-state index is 12.3. The Labute approximate surface area is 149 Å². The Morgan fingerprint density at radius 1 is 1.20 bits per heavy atom. The second-order valence-electron chi connectivity index (χ2n) is 5.76. The molecular formula is C18H14ClN3O3. The van der Waals surface area contributed by atoms with E-state index in [2.05, 4.69) is 10.1 Å². The minimum atomic E-state index is -0.190. The van der Waals surface area contributed by atoms with E-state index in [9.17, 15) is 4.79 Å². The molecule has 2 heterocycles. The zero-order valence-electron chi connectivity index (χ0n) is 13.4. The van der Waals surface area contributed by atoms with Crippen LogP contribution < -0.4 is 9.64 Å². The van der Waals surface area contributed by atoms with E-state index in [1.54, 1.807) is 18.2 Å². The predicted molar refractivity (Wildman–Crippen MR) is 92.6 cm³/mol. The summed E-state index contributed by atoms with van der Waals surface area (Å²) < 4.78 is 10.7. The number of fused-ring (bicyclic) bond motifs is 1. The number of ether oxygens (including phenoxy) is 1. The molecule has 1 amide bonds. The van der Waals surface area contributed by atoms with Crippen LogP contribution in [0.25, 0.3) is 11.4 Å². The average molecular weight is 356 g/mol. The molecule has 0 aliphatic carbocycles. The van der Waals surface area contributed by atoms with Crippen LogP contribution in [-0.2, 0) is 11.3 Å². The molecule has 6 nitrogen and oxygen atoms in total. The molecule has 7 heteroatoms. The fourth-order valence-electron chi connectivity index (χ4n) is 2.62. The van der Waals surface area contributed by atoms with Gasteiger partial charge in [-0.3, -0.25) is 9.69 Å². The molecule has 0 N–H and O–H groups in total. The summed E-state index contributed by atoms with van der Waals surface area (Å²) >= 11 is 6.04. The van der Waals surface area contributed by atoms with E-state index in [0.717, 1.165) is 11.1 Å². The minimum absolute atomic E-state index is 0.0341. The molecule has 0 fully saturated rings. The topological polar surface area (TPSA) is 68.5 Å². The van der Waals surface area contributed by atoms with E-state index in [0.29, 0.717) is 28.2 Å². The summed E-state index contributed by atoms with van der Waals surface area (Å²) in [5.41, 5.74) is 2.61. The van der Waals surface area contributed by atoms with Gasteiger partial charge in [0.2, 0.25) is 11.7 Å². The van der Waals surface area contributed by atoms with Crippen molar-refractivity contribution in [1.82, 2.24) is 10.1 Å². The van der Waals surface area contributed by atoms with Gasteiger partial charge in [-0.1, -0.05) is 46.6 Å². The molecule has 1 aromatic heterocycles. The van der Waals surface area contributed by atoms with Gasteiger partial charge in [-0.25, -0.2) is 0 Å². The Hall–Kier alpha value is -2.86. The Bertz CT molecular complexity index is 937. The van der Waals surface area contributed by atoms with Crippen LogP contribution in [0.4, 0.5) is 5.69 Å². The number of carbonyl (C=O) groups is 1. The predicted octanol–water partition coefficient (Wildman–Crippen LogP) is 3.62. The molecule has 0 bridgehead atoms. The van der Waals surface area contributed by atoms with Gasteiger partial charge in [0.05, 0.1) is 5.69 Å². The van der Waals surface area contributed by atoms with E-state index in [1.807, 2.05) is 31.2 Å². The first-order valence-corrected chi connectivity index (χ1v) is 8.10. The smallest absolute Gasteiger partial charge is 0.265 e.